The number of sulfonamides is 1. The van der Waals surface area contributed by atoms with Gasteiger partial charge >= 0.3 is 0 Å². The predicted octanol–water partition coefficient (Wildman–Crippen LogP) is 0.730. The molecule has 0 spiro atoms. The van der Waals surface area contributed by atoms with Crippen LogP contribution in [-0.4, -0.2) is 38.9 Å². The van der Waals surface area contributed by atoms with E-state index in [9.17, 15) is 13.2 Å². The van der Waals surface area contributed by atoms with Crippen molar-refractivity contribution >= 4 is 21.6 Å². The minimum atomic E-state index is -3.63. The maximum Gasteiger partial charge on any atom is 0.241 e. The number of nitrogens with two attached hydrogens (primary N) is 1. The minimum Gasteiger partial charge on any atom is -0.399 e. The molecule has 2 rings (SSSR count). The van der Waals surface area contributed by atoms with E-state index in [1.54, 1.807) is 24.1 Å². The van der Waals surface area contributed by atoms with Crippen LogP contribution in [0.4, 0.5) is 5.69 Å². The number of carbonyl (C=O) groups is 1. The molecule has 1 aromatic carbocycles. The van der Waals surface area contributed by atoms with Crippen LogP contribution in [0.25, 0.3) is 0 Å². The van der Waals surface area contributed by atoms with Crippen molar-refractivity contribution in [3.63, 3.8) is 0 Å². The number of anilines is 1. The van der Waals surface area contributed by atoms with Crippen molar-refractivity contribution in [3.05, 3.63) is 23.8 Å². The third kappa shape index (κ3) is 3.54. The summed E-state index contributed by atoms with van der Waals surface area (Å²) in [6, 6.07) is 4.66. The zero-order chi connectivity index (χ0) is 15.6. The lowest BCUT2D eigenvalue weighted by Gasteiger charge is -2.30. The lowest BCUT2D eigenvalue weighted by Crippen LogP contribution is -2.48. The number of aryl methyl sites for hydroxylation is 1. The first kappa shape index (κ1) is 15.8. The number of likely N-dealkylation sites (tertiary alicyclic amines) is 1. The van der Waals surface area contributed by atoms with Crippen molar-refractivity contribution in [2.24, 2.45) is 0 Å². The number of piperidine rings is 1. The number of likely N-dealkylation sites (N-methyl/N-ethyl adjacent to an activating group) is 1. The second-order valence-electron chi connectivity index (χ2n) is 5.35. The lowest BCUT2D eigenvalue weighted by molar-refractivity contribution is -0.132. The summed E-state index contributed by atoms with van der Waals surface area (Å²) in [6.07, 6.45) is 1.49. The molecule has 1 unspecified atom stereocenters. The highest BCUT2D eigenvalue weighted by Gasteiger charge is 2.28. The van der Waals surface area contributed by atoms with Crippen LogP contribution >= 0.6 is 0 Å². The molecule has 7 heteroatoms. The van der Waals surface area contributed by atoms with E-state index < -0.39 is 10.0 Å². The molecule has 1 amide bonds. The van der Waals surface area contributed by atoms with Crippen molar-refractivity contribution < 1.29 is 13.2 Å². The van der Waals surface area contributed by atoms with Gasteiger partial charge in [-0.25, -0.2) is 13.1 Å². The third-order valence-corrected chi connectivity index (χ3v) is 5.31. The number of hydrogen-bond donors (Lipinski definition) is 2. The molecular formula is C14H21N3O3S. The van der Waals surface area contributed by atoms with E-state index >= 15 is 0 Å². The van der Waals surface area contributed by atoms with Gasteiger partial charge in [0.1, 0.15) is 0 Å². The molecule has 0 radical (unpaired) electrons. The molecule has 0 aliphatic carbocycles. The number of carbonyl (C=O) groups excluding carboxylic acids is 1. The SMILES string of the molecule is CCc1ccc(N)cc1S(=O)(=O)NC1CCC(=O)N(C)C1. The number of rotatable bonds is 4. The highest BCUT2D eigenvalue weighted by Crippen LogP contribution is 2.21. The normalized spacial score (nSPS) is 19.8. The van der Waals surface area contributed by atoms with Gasteiger partial charge in [0, 0.05) is 31.7 Å². The summed E-state index contributed by atoms with van der Waals surface area (Å²) in [5.41, 5.74) is 6.86. The van der Waals surface area contributed by atoms with Crippen LogP contribution in [-0.2, 0) is 21.2 Å². The molecule has 1 aliphatic rings. The van der Waals surface area contributed by atoms with Gasteiger partial charge in [-0.05, 0) is 30.5 Å². The van der Waals surface area contributed by atoms with Gasteiger partial charge in [0.25, 0.3) is 0 Å². The van der Waals surface area contributed by atoms with Gasteiger partial charge < -0.3 is 10.6 Å². The Balaban J connectivity index is 2.23. The molecule has 1 atom stereocenters. The molecule has 1 aliphatic heterocycles. The number of nitrogens with one attached hydrogen (secondary N) is 1. The van der Waals surface area contributed by atoms with Gasteiger partial charge in [0.15, 0.2) is 0 Å². The van der Waals surface area contributed by atoms with Crippen molar-refractivity contribution in [2.75, 3.05) is 19.3 Å². The largest absolute Gasteiger partial charge is 0.399 e. The van der Waals surface area contributed by atoms with Crippen molar-refractivity contribution in [2.45, 2.75) is 37.1 Å². The summed E-state index contributed by atoms with van der Waals surface area (Å²) < 4.78 is 27.8. The minimum absolute atomic E-state index is 0.0450. The van der Waals surface area contributed by atoms with Crippen molar-refractivity contribution in [1.82, 2.24) is 9.62 Å². The van der Waals surface area contributed by atoms with Crippen molar-refractivity contribution in [1.29, 1.82) is 0 Å². The molecule has 116 valence electrons. The van der Waals surface area contributed by atoms with Crippen LogP contribution < -0.4 is 10.5 Å². The summed E-state index contributed by atoms with van der Waals surface area (Å²) in [6.45, 7) is 2.29. The molecule has 1 fully saturated rings. The Kier molecular flexibility index (Phi) is 4.53. The molecule has 0 bridgehead atoms. The van der Waals surface area contributed by atoms with Gasteiger partial charge in [-0.1, -0.05) is 13.0 Å². The molecule has 3 N–H and O–H groups in total. The molecule has 0 saturated carbocycles. The smallest absolute Gasteiger partial charge is 0.241 e. The van der Waals surface area contributed by atoms with Gasteiger partial charge in [-0.2, -0.15) is 0 Å². The Morgan fingerprint density at radius 1 is 1.43 bits per heavy atom. The van der Waals surface area contributed by atoms with Gasteiger partial charge in [0.2, 0.25) is 15.9 Å². The van der Waals surface area contributed by atoms with Crippen LogP contribution in [0.1, 0.15) is 25.3 Å². The van der Waals surface area contributed by atoms with E-state index in [2.05, 4.69) is 4.72 Å². The van der Waals surface area contributed by atoms with E-state index in [0.29, 0.717) is 31.5 Å². The fourth-order valence-corrected chi connectivity index (χ4v) is 4.11. The van der Waals surface area contributed by atoms with Crippen LogP contribution in [0, 0.1) is 0 Å². The summed E-state index contributed by atoms with van der Waals surface area (Å²) in [4.78, 5) is 13.2. The van der Waals surface area contributed by atoms with Gasteiger partial charge in [-0.15, -0.1) is 0 Å². The van der Waals surface area contributed by atoms with Crippen LogP contribution in [0.2, 0.25) is 0 Å². The summed E-state index contributed by atoms with van der Waals surface area (Å²) in [5, 5.41) is 0. The Morgan fingerprint density at radius 3 is 2.76 bits per heavy atom. The Morgan fingerprint density at radius 2 is 2.14 bits per heavy atom. The maximum atomic E-state index is 12.6. The third-order valence-electron chi connectivity index (χ3n) is 3.71. The first-order valence-electron chi connectivity index (χ1n) is 6.98. The fraction of sp³-hybridized carbons (Fsp3) is 0.500. The summed E-state index contributed by atoms with van der Waals surface area (Å²) in [5.74, 6) is 0.0450. The predicted molar refractivity (Wildman–Crippen MR) is 81.2 cm³/mol. The number of nitrogens with zero attached hydrogens (tertiary/aromatic N) is 1. The highest BCUT2D eigenvalue weighted by atomic mass is 32.2. The number of amides is 1. The van der Waals surface area contributed by atoms with Crippen molar-refractivity contribution in [3.8, 4) is 0 Å². The van der Waals surface area contributed by atoms with E-state index in [0.717, 1.165) is 5.56 Å². The molecule has 1 saturated heterocycles. The average Bonchev–Trinajstić information content (AvgIpc) is 2.42. The Hall–Kier alpha value is -1.60. The van der Waals surface area contributed by atoms with E-state index in [-0.39, 0.29) is 16.8 Å². The topological polar surface area (TPSA) is 92.5 Å². The summed E-state index contributed by atoms with van der Waals surface area (Å²) >= 11 is 0. The number of nitrogen functional groups attached to an aromatic ring is 1. The number of hydrogen-bond acceptors (Lipinski definition) is 4. The van der Waals surface area contributed by atoms with E-state index in [1.807, 2.05) is 6.92 Å². The number of benzene rings is 1. The monoisotopic (exact) mass is 311 g/mol. The van der Waals surface area contributed by atoms with E-state index in [4.69, 9.17) is 5.73 Å². The standard InChI is InChI=1S/C14H21N3O3S/c1-3-10-4-5-11(15)8-13(10)21(19,20)16-12-6-7-14(18)17(2)9-12/h4-5,8,12,16H,3,6-7,9,15H2,1-2H3. The molecular weight excluding hydrogens is 290 g/mol. The van der Waals surface area contributed by atoms with Gasteiger partial charge in [0.05, 0.1) is 4.90 Å². The van der Waals surface area contributed by atoms with Crippen LogP contribution in [0.15, 0.2) is 23.1 Å². The average molecular weight is 311 g/mol. The Labute approximate surface area is 125 Å². The first-order chi connectivity index (χ1) is 9.83. The van der Waals surface area contributed by atoms with Crippen LogP contribution in [0.3, 0.4) is 0 Å². The fourth-order valence-electron chi connectivity index (χ4n) is 2.50. The summed E-state index contributed by atoms with van der Waals surface area (Å²) in [7, 11) is -1.95. The molecule has 1 aromatic rings. The van der Waals surface area contributed by atoms with E-state index in [1.165, 1.54) is 6.07 Å². The lowest BCUT2D eigenvalue weighted by atomic mass is 10.1. The molecule has 6 nitrogen and oxygen atoms in total. The highest BCUT2D eigenvalue weighted by molar-refractivity contribution is 7.89. The second-order valence-corrected chi connectivity index (χ2v) is 7.03. The second kappa shape index (κ2) is 6.03. The maximum absolute atomic E-state index is 12.6. The Bertz CT molecular complexity index is 643. The quantitative estimate of drug-likeness (QED) is 0.802. The van der Waals surface area contributed by atoms with Gasteiger partial charge in [-0.3, -0.25) is 4.79 Å². The molecule has 0 aromatic heterocycles. The first-order valence-corrected chi connectivity index (χ1v) is 8.46. The zero-order valence-electron chi connectivity index (χ0n) is 12.3. The van der Waals surface area contributed by atoms with Crippen LogP contribution in [0.5, 0.6) is 0 Å². The zero-order valence-corrected chi connectivity index (χ0v) is 13.1. The molecule has 21 heavy (non-hydrogen) atoms. The molecule has 1 heterocycles.